The molecule has 0 aromatic carbocycles. The average Bonchev–Trinajstić information content (AvgIpc) is 2.12. The van der Waals surface area contributed by atoms with Gasteiger partial charge in [-0.15, -0.1) is 0 Å². The lowest BCUT2D eigenvalue weighted by molar-refractivity contribution is -0.113. The Labute approximate surface area is 61.4 Å². The van der Waals surface area contributed by atoms with E-state index >= 15 is 0 Å². The average molecular weight is 136 g/mol. The van der Waals surface area contributed by atoms with Gasteiger partial charge in [-0.2, -0.15) is 0 Å². The first-order valence-corrected chi connectivity index (χ1v) is 3.67. The molecule has 0 aromatic heterocycles. The second-order valence-electron chi connectivity index (χ2n) is 2.57. The minimum Gasteiger partial charge on any atom is -0.295 e. The van der Waals surface area contributed by atoms with Gasteiger partial charge in [0.05, 0.1) is 0 Å². The maximum Gasteiger partial charge on any atom is 0.155 e. The molecule has 0 spiro atoms. The number of allylic oxidation sites excluding steroid dienone is 4. The molecule has 1 nitrogen and oxygen atoms in total. The zero-order valence-corrected chi connectivity index (χ0v) is 6.26. The van der Waals surface area contributed by atoms with Gasteiger partial charge in [0, 0.05) is 0 Å². The molecule has 0 saturated carbocycles. The zero-order chi connectivity index (χ0) is 7.40. The summed E-state index contributed by atoms with van der Waals surface area (Å²) < 4.78 is 0. The van der Waals surface area contributed by atoms with Crippen molar-refractivity contribution in [2.45, 2.75) is 26.2 Å². The lowest BCUT2D eigenvalue weighted by atomic mass is 10.1. The molecule has 0 bridgehead atoms. The molecule has 0 fully saturated rings. The van der Waals surface area contributed by atoms with Crippen molar-refractivity contribution in [3.63, 3.8) is 0 Å². The van der Waals surface area contributed by atoms with Gasteiger partial charge >= 0.3 is 0 Å². The Kier molecular flexibility index (Phi) is 2.43. The highest BCUT2D eigenvalue weighted by Gasteiger charge is 2.02. The summed E-state index contributed by atoms with van der Waals surface area (Å²) in [5.41, 5.74) is 0.966. The molecular formula is C9H12O. The molecular weight excluding hydrogens is 124 g/mol. The number of ketones is 1. The van der Waals surface area contributed by atoms with E-state index in [4.69, 9.17) is 0 Å². The summed E-state index contributed by atoms with van der Waals surface area (Å²) in [6.07, 6.45) is 9.17. The highest BCUT2D eigenvalue weighted by atomic mass is 16.1. The number of rotatable bonds is 1. The lowest BCUT2D eigenvalue weighted by Crippen LogP contribution is -1.94. The van der Waals surface area contributed by atoms with E-state index in [0.717, 1.165) is 24.8 Å². The standard InChI is InChI=1S/C9H12O/c1-8(10)9-6-4-2-3-5-7-9/h2,4,6H,3,5,7H2,1H3. The van der Waals surface area contributed by atoms with Gasteiger partial charge in [-0.1, -0.05) is 18.2 Å². The van der Waals surface area contributed by atoms with Crippen LogP contribution in [0.15, 0.2) is 23.8 Å². The van der Waals surface area contributed by atoms with Crippen LogP contribution in [0.3, 0.4) is 0 Å². The fourth-order valence-corrected chi connectivity index (χ4v) is 1.07. The third-order valence-corrected chi connectivity index (χ3v) is 1.70. The highest BCUT2D eigenvalue weighted by molar-refractivity contribution is 5.93. The second-order valence-corrected chi connectivity index (χ2v) is 2.57. The molecule has 0 radical (unpaired) electrons. The number of Topliss-reactive ketones (excluding diaryl/α,β-unsaturated/α-hetero) is 1. The fraction of sp³-hybridized carbons (Fsp3) is 0.444. The van der Waals surface area contributed by atoms with Gasteiger partial charge in [-0.3, -0.25) is 4.79 Å². The van der Waals surface area contributed by atoms with E-state index in [1.54, 1.807) is 6.92 Å². The first-order chi connectivity index (χ1) is 4.80. The molecule has 0 aromatic rings. The molecule has 0 heterocycles. The van der Waals surface area contributed by atoms with Crippen LogP contribution in [0, 0.1) is 0 Å². The van der Waals surface area contributed by atoms with Crippen LogP contribution in [-0.4, -0.2) is 5.78 Å². The fourth-order valence-electron chi connectivity index (χ4n) is 1.07. The first-order valence-electron chi connectivity index (χ1n) is 3.67. The smallest absolute Gasteiger partial charge is 0.155 e. The molecule has 10 heavy (non-hydrogen) atoms. The Bertz CT molecular complexity index is 187. The van der Waals surface area contributed by atoms with E-state index in [-0.39, 0.29) is 5.78 Å². The monoisotopic (exact) mass is 136 g/mol. The van der Waals surface area contributed by atoms with E-state index in [1.807, 2.05) is 12.2 Å². The van der Waals surface area contributed by atoms with Gasteiger partial charge in [0.25, 0.3) is 0 Å². The van der Waals surface area contributed by atoms with E-state index in [9.17, 15) is 4.79 Å². The number of hydrogen-bond acceptors (Lipinski definition) is 1. The van der Waals surface area contributed by atoms with Crippen LogP contribution in [0.5, 0.6) is 0 Å². The Morgan fingerprint density at radius 2 is 2.40 bits per heavy atom. The van der Waals surface area contributed by atoms with Crippen molar-refractivity contribution in [2.24, 2.45) is 0 Å². The molecule has 1 rings (SSSR count). The molecule has 1 heteroatoms. The molecule has 0 atom stereocenters. The van der Waals surface area contributed by atoms with Crippen molar-refractivity contribution in [3.05, 3.63) is 23.8 Å². The largest absolute Gasteiger partial charge is 0.295 e. The Morgan fingerprint density at radius 1 is 1.60 bits per heavy atom. The minimum atomic E-state index is 0.214. The van der Waals surface area contributed by atoms with Gasteiger partial charge in [0.2, 0.25) is 0 Å². The van der Waals surface area contributed by atoms with Crippen molar-refractivity contribution in [1.29, 1.82) is 0 Å². The second kappa shape index (κ2) is 3.35. The quantitative estimate of drug-likeness (QED) is 0.540. The molecule has 0 N–H and O–H groups in total. The van der Waals surface area contributed by atoms with Gasteiger partial charge in [-0.25, -0.2) is 0 Å². The van der Waals surface area contributed by atoms with Gasteiger partial charge in [-0.05, 0) is 31.8 Å². The van der Waals surface area contributed by atoms with Gasteiger partial charge in [0.15, 0.2) is 5.78 Å². The summed E-state index contributed by atoms with van der Waals surface area (Å²) in [6.45, 7) is 1.63. The van der Waals surface area contributed by atoms with Crippen LogP contribution in [0.2, 0.25) is 0 Å². The van der Waals surface area contributed by atoms with Crippen molar-refractivity contribution < 1.29 is 4.79 Å². The molecule has 0 amide bonds. The lowest BCUT2D eigenvalue weighted by Gasteiger charge is -1.96. The summed E-state index contributed by atoms with van der Waals surface area (Å²) in [5.74, 6) is 0.214. The summed E-state index contributed by atoms with van der Waals surface area (Å²) in [5, 5.41) is 0. The van der Waals surface area contributed by atoms with Crippen molar-refractivity contribution >= 4 is 5.78 Å². The maximum atomic E-state index is 10.8. The van der Waals surface area contributed by atoms with Crippen LogP contribution in [0.25, 0.3) is 0 Å². The van der Waals surface area contributed by atoms with Crippen LogP contribution >= 0.6 is 0 Å². The number of carbonyl (C=O) groups excluding carboxylic acids is 1. The highest BCUT2D eigenvalue weighted by Crippen LogP contribution is 2.12. The van der Waals surface area contributed by atoms with Crippen molar-refractivity contribution in [3.8, 4) is 0 Å². The molecule has 1 aliphatic carbocycles. The Morgan fingerprint density at radius 3 is 3.10 bits per heavy atom. The normalized spacial score (nSPS) is 17.9. The van der Waals surface area contributed by atoms with Crippen LogP contribution in [-0.2, 0) is 4.79 Å². The van der Waals surface area contributed by atoms with Gasteiger partial charge in [0.1, 0.15) is 0 Å². The maximum absolute atomic E-state index is 10.8. The molecule has 0 aliphatic heterocycles. The topological polar surface area (TPSA) is 17.1 Å². The van der Waals surface area contributed by atoms with Crippen LogP contribution in [0.1, 0.15) is 26.2 Å². The molecule has 54 valence electrons. The predicted molar refractivity (Wildman–Crippen MR) is 41.8 cm³/mol. The number of hydrogen-bond donors (Lipinski definition) is 0. The minimum absolute atomic E-state index is 0.214. The molecule has 0 unspecified atom stereocenters. The van der Waals surface area contributed by atoms with E-state index < -0.39 is 0 Å². The SMILES string of the molecule is CC(=O)C1=CC=CCCC1. The number of carbonyl (C=O) groups is 1. The Balaban J connectivity index is 2.66. The van der Waals surface area contributed by atoms with Crippen molar-refractivity contribution in [2.75, 3.05) is 0 Å². The van der Waals surface area contributed by atoms with E-state index in [1.165, 1.54) is 0 Å². The zero-order valence-electron chi connectivity index (χ0n) is 6.26. The van der Waals surface area contributed by atoms with E-state index in [0.29, 0.717) is 0 Å². The predicted octanol–water partition coefficient (Wildman–Crippen LogP) is 2.24. The third kappa shape index (κ3) is 1.83. The summed E-state index contributed by atoms with van der Waals surface area (Å²) >= 11 is 0. The summed E-state index contributed by atoms with van der Waals surface area (Å²) in [4.78, 5) is 10.8. The third-order valence-electron chi connectivity index (χ3n) is 1.70. The molecule has 0 saturated heterocycles. The van der Waals surface area contributed by atoms with Gasteiger partial charge < -0.3 is 0 Å². The Hall–Kier alpha value is -0.850. The molecule has 1 aliphatic rings. The summed E-state index contributed by atoms with van der Waals surface area (Å²) in [6, 6.07) is 0. The summed E-state index contributed by atoms with van der Waals surface area (Å²) in [7, 11) is 0. The van der Waals surface area contributed by atoms with Crippen LogP contribution < -0.4 is 0 Å². The van der Waals surface area contributed by atoms with Crippen molar-refractivity contribution in [1.82, 2.24) is 0 Å². The van der Waals surface area contributed by atoms with E-state index in [2.05, 4.69) is 6.08 Å². The first kappa shape index (κ1) is 7.26. The van der Waals surface area contributed by atoms with Crippen LogP contribution in [0.4, 0.5) is 0 Å².